The van der Waals surface area contributed by atoms with E-state index >= 15 is 0 Å². The number of rotatable bonds is 4. The Morgan fingerprint density at radius 3 is 2.43 bits per heavy atom. The summed E-state index contributed by atoms with van der Waals surface area (Å²) < 4.78 is 53.5. The zero-order chi connectivity index (χ0) is 20.9. The first kappa shape index (κ1) is 21.2. The molecular formula is C19H18F4N4O. The predicted molar refractivity (Wildman–Crippen MR) is 95.8 cm³/mol. The molecule has 9 heteroatoms. The van der Waals surface area contributed by atoms with E-state index in [4.69, 9.17) is 0 Å². The van der Waals surface area contributed by atoms with Crippen molar-refractivity contribution in [2.45, 2.75) is 19.5 Å². The third-order valence-corrected chi connectivity index (χ3v) is 3.75. The van der Waals surface area contributed by atoms with Crippen LogP contribution in [-0.4, -0.2) is 28.1 Å². The summed E-state index contributed by atoms with van der Waals surface area (Å²) in [6.07, 6.45) is -2.43. The van der Waals surface area contributed by atoms with Crippen LogP contribution in [0.5, 0.6) is 0 Å². The van der Waals surface area contributed by atoms with Crippen molar-refractivity contribution in [2.75, 3.05) is 7.05 Å². The minimum absolute atomic E-state index is 0.0945. The smallest absolute Gasteiger partial charge is 0.333 e. The topological polar surface area (TPSA) is 73.8 Å². The number of carbonyl (C=O) groups excluding carboxylic acids is 1. The van der Waals surface area contributed by atoms with Crippen LogP contribution < -0.4 is 5.73 Å². The summed E-state index contributed by atoms with van der Waals surface area (Å²) in [5, 5.41) is 4.08. The number of aldehydes is 1. The van der Waals surface area contributed by atoms with E-state index in [1.807, 2.05) is 0 Å². The Morgan fingerprint density at radius 1 is 1.11 bits per heavy atom. The Balaban J connectivity index is 0.00000136. The summed E-state index contributed by atoms with van der Waals surface area (Å²) in [7, 11) is 1.50. The average Bonchev–Trinajstić information content (AvgIpc) is 3.03. The maximum absolute atomic E-state index is 13.5. The molecule has 2 aromatic heterocycles. The molecule has 2 N–H and O–H groups in total. The van der Waals surface area contributed by atoms with Crippen LogP contribution in [0.15, 0.2) is 42.6 Å². The summed E-state index contributed by atoms with van der Waals surface area (Å²) in [6, 6.07) is 7.30. The quantitative estimate of drug-likeness (QED) is 0.541. The number of nitrogens with two attached hydrogens (primary N) is 1. The summed E-state index contributed by atoms with van der Waals surface area (Å²) in [6.45, 7) is 1.75. The Labute approximate surface area is 158 Å². The first-order valence-electron chi connectivity index (χ1n) is 8.18. The summed E-state index contributed by atoms with van der Waals surface area (Å²) >= 11 is 0. The molecule has 0 aliphatic carbocycles. The highest BCUT2D eigenvalue weighted by atomic mass is 19.4. The van der Waals surface area contributed by atoms with Crippen LogP contribution in [0.3, 0.4) is 0 Å². The van der Waals surface area contributed by atoms with Gasteiger partial charge in [-0.25, -0.2) is 14.1 Å². The van der Waals surface area contributed by atoms with Gasteiger partial charge in [-0.15, -0.1) is 0 Å². The van der Waals surface area contributed by atoms with Gasteiger partial charge in [0.1, 0.15) is 11.5 Å². The van der Waals surface area contributed by atoms with Gasteiger partial charge in [-0.05, 0) is 67.9 Å². The summed E-state index contributed by atoms with van der Waals surface area (Å²) in [5.41, 5.74) is 5.23. The fraction of sp³-hybridized carbons (Fsp3) is 0.211. The minimum Gasteiger partial charge on any atom is -0.333 e. The van der Waals surface area contributed by atoms with Crippen molar-refractivity contribution < 1.29 is 22.4 Å². The normalized spacial score (nSPS) is 11.0. The highest BCUT2D eigenvalue weighted by Crippen LogP contribution is 2.31. The van der Waals surface area contributed by atoms with Crippen LogP contribution in [0.25, 0.3) is 5.82 Å². The van der Waals surface area contributed by atoms with Crippen LogP contribution in [0.2, 0.25) is 0 Å². The predicted octanol–water partition coefficient (Wildman–Crippen LogP) is 3.71. The SMILES string of the molecule is CN.Cc1cc(C=O)nn1-c1cc(Cc2cc(F)cc(C(F)(F)F)c2)ccn1. The molecule has 0 amide bonds. The standard InChI is InChI=1S/C18H13F4N3O.CH5N/c1-11-4-16(10-26)24-25(11)17-8-12(2-3-23-17)5-13-6-14(18(20,21)22)9-15(19)7-13;1-2/h2-4,6-10H,5H2,1H3;2H2,1H3. The molecule has 5 nitrogen and oxygen atoms in total. The van der Waals surface area contributed by atoms with Crippen molar-refractivity contribution in [2.24, 2.45) is 5.73 Å². The first-order chi connectivity index (χ1) is 13.3. The number of aryl methyl sites for hydroxylation is 1. The maximum atomic E-state index is 13.5. The summed E-state index contributed by atoms with van der Waals surface area (Å²) in [5.74, 6) is -0.525. The number of carbonyl (C=O) groups is 1. The molecule has 0 unspecified atom stereocenters. The third-order valence-electron chi connectivity index (χ3n) is 3.75. The molecule has 0 spiro atoms. The highest BCUT2D eigenvalue weighted by Gasteiger charge is 2.31. The number of hydrogen-bond donors (Lipinski definition) is 1. The lowest BCUT2D eigenvalue weighted by Gasteiger charge is -2.10. The molecule has 0 atom stereocenters. The van der Waals surface area contributed by atoms with E-state index in [-0.39, 0.29) is 17.7 Å². The van der Waals surface area contributed by atoms with Gasteiger partial charge in [0.25, 0.3) is 0 Å². The molecule has 148 valence electrons. The van der Waals surface area contributed by atoms with Crippen LogP contribution in [0.1, 0.15) is 32.9 Å². The van der Waals surface area contributed by atoms with E-state index in [9.17, 15) is 22.4 Å². The molecule has 0 bridgehead atoms. The van der Waals surface area contributed by atoms with Crippen LogP contribution >= 0.6 is 0 Å². The van der Waals surface area contributed by atoms with E-state index in [0.717, 1.165) is 12.1 Å². The van der Waals surface area contributed by atoms with Crippen LogP contribution in [-0.2, 0) is 12.6 Å². The second kappa shape index (κ2) is 8.75. The molecular weight excluding hydrogens is 376 g/mol. The van der Waals surface area contributed by atoms with Gasteiger partial charge in [0.05, 0.1) is 5.56 Å². The zero-order valence-electron chi connectivity index (χ0n) is 15.2. The number of aromatic nitrogens is 3. The monoisotopic (exact) mass is 394 g/mol. The number of benzene rings is 1. The van der Waals surface area contributed by atoms with Gasteiger partial charge in [-0.3, -0.25) is 4.79 Å². The molecule has 1 aromatic carbocycles. The largest absolute Gasteiger partial charge is 0.416 e. The van der Waals surface area contributed by atoms with Gasteiger partial charge in [0.15, 0.2) is 12.1 Å². The Bertz CT molecular complexity index is 967. The molecule has 3 aromatic rings. The molecule has 0 fully saturated rings. The van der Waals surface area contributed by atoms with Crippen molar-refractivity contribution in [1.82, 2.24) is 14.8 Å². The van der Waals surface area contributed by atoms with Gasteiger partial charge in [-0.2, -0.15) is 18.3 Å². The molecule has 0 saturated heterocycles. The van der Waals surface area contributed by atoms with Gasteiger partial charge in [0, 0.05) is 11.9 Å². The molecule has 0 radical (unpaired) electrons. The zero-order valence-corrected chi connectivity index (χ0v) is 15.2. The lowest BCUT2D eigenvalue weighted by molar-refractivity contribution is -0.137. The summed E-state index contributed by atoms with van der Waals surface area (Å²) in [4.78, 5) is 15.0. The lowest BCUT2D eigenvalue weighted by Crippen LogP contribution is -2.07. The molecule has 3 rings (SSSR count). The highest BCUT2D eigenvalue weighted by molar-refractivity contribution is 5.71. The minimum atomic E-state index is -4.61. The van der Waals surface area contributed by atoms with Gasteiger partial charge >= 0.3 is 6.18 Å². The van der Waals surface area contributed by atoms with Crippen molar-refractivity contribution in [3.8, 4) is 5.82 Å². The Morgan fingerprint density at radius 2 is 1.82 bits per heavy atom. The number of halogens is 4. The number of nitrogens with zero attached hydrogens (tertiary/aromatic N) is 3. The number of hydrogen-bond acceptors (Lipinski definition) is 4. The number of alkyl halides is 3. The number of pyridine rings is 1. The second-order valence-electron chi connectivity index (χ2n) is 5.79. The third kappa shape index (κ3) is 5.01. The van der Waals surface area contributed by atoms with Crippen LogP contribution in [0.4, 0.5) is 17.6 Å². The van der Waals surface area contributed by atoms with Crippen LogP contribution in [0, 0.1) is 12.7 Å². The Hall–Kier alpha value is -3.07. The van der Waals surface area contributed by atoms with Crippen molar-refractivity contribution in [3.63, 3.8) is 0 Å². The van der Waals surface area contributed by atoms with Crippen molar-refractivity contribution >= 4 is 6.29 Å². The molecule has 0 saturated carbocycles. The molecule has 0 aliphatic rings. The van der Waals surface area contributed by atoms with E-state index in [1.165, 1.54) is 17.9 Å². The van der Waals surface area contributed by atoms with Gasteiger partial charge < -0.3 is 5.73 Å². The Kier molecular flexibility index (Phi) is 6.63. The fourth-order valence-electron chi connectivity index (χ4n) is 2.63. The van der Waals surface area contributed by atoms with E-state index in [1.54, 1.807) is 25.1 Å². The molecule has 0 aliphatic heterocycles. The second-order valence-corrected chi connectivity index (χ2v) is 5.79. The molecule has 2 heterocycles. The average molecular weight is 394 g/mol. The maximum Gasteiger partial charge on any atom is 0.416 e. The van der Waals surface area contributed by atoms with Crippen molar-refractivity contribution in [3.05, 3.63) is 76.5 Å². The van der Waals surface area contributed by atoms with E-state index in [0.29, 0.717) is 29.4 Å². The molecule has 28 heavy (non-hydrogen) atoms. The lowest BCUT2D eigenvalue weighted by atomic mass is 10.0. The van der Waals surface area contributed by atoms with E-state index < -0.39 is 17.6 Å². The van der Waals surface area contributed by atoms with Gasteiger partial charge in [-0.1, -0.05) is 0 Å². The first-order valence-corrected chi connectivity index (χ1v) is 8.18. The van der Waals surface area contributed by atoms with E-state index in [2.05, 4.69) is 15.8 Å². The van der Waals surface area contributed by atoms with Gasteiger partial charge in [0.2, 0.25) is 0 Å². The fourth-order valence-corrected chi connectivity index (χ4v) is 2.63. The van der Waals surface area contributed by atoms with Crippen molar-refractivity contribution in [1.29, 1.82) is 0 Å².